The minimum Gasteiger partial charge on any atom is -0.352 e. The summed E-state index contributed by atoms with van der Waals surface area (Å²) in [5.41, 5.74) is 0.618. The number of halogens is 1. The summed E-state index contributed by atoms with van der Waals surface area (Å²) in [7, 11) is 0. The van der Waals surface area contributed by atoms with E-state index in [4.69, 9.17) is 0 Å². The number of rotatable bonds is 6. The molecule has 0 saturated heterocycles. The van der Waals surface area contributed by atoms with Gasteiger partial charge in [0.25, 0.3) is 0 Å². The molecule has 0 unspecified atom stereocenters. The van der Waals surface area contributed by atoms with Crippen molar-refractivity contribution in [2.45, 2.75) is 35.4 Å². The highest BCUT2D eigenvalue weighted by Crippen LogP contribution is 2.31. The topological polar surface area (TPSA) is 66.9 Å². The van der Waals surface area contributed by atoms with Crippen LogP contribution < -0.4 is 10.6 Å². The third kappa shape index (κ3) is 4.17. The van der Waals surface area contributed by atoms with Crippen LogP contribution in [0.4, 0.5) is 15.2 Å². The molecule has 3 rings (SSSR count). The van der Waals surface area contributed by atoms with Crippen molar-refractivity contribution in [2.24, 2.45) is 0 Å². The number of thioether (sulfide) groups is 1. The third-order valence-electron chi connectivity index (χ3n) is 3.05. The first-order chi connectivity index (χ1) is 10.6. The van der Waals surface area contributed by atoms with Gasteiger partial charge in [-0.05, 0) is 38.0 Å². The summed E-state index contributed by atoms with van der Waals surface area (Å²) < 4.78 is 13.8. The molecule has 2 aromatic rings. The number of nitrogens with one attached hydrogen (secondary N) is 2. The van der Waals surface area contributed by atoms with E-state index in [0.29, 0.717) is 21.2 Å². The molecule has 1 heterocycles. The van der Waals surface area contributed by atoms with Crippen LogP contribution in [0.5, 0.6) is 0 Å². The average molecular weight is 338 g/mol. The maximum absolute atomic E-state index is 13.1. The highest BCUT2D eigenvalue weighted by atomic mass is 32.2. The van der Waals surface area contributed by atoms with E-state index in [1.54, 1.807) is 12.1 Å². The van der Waals surface area contributed by atoms with Gasteiger partial charge in [-0.15, -0.1) is 10.2 Å². The monoisotopic (exact) mass is 338 g/mol. The zero-order valence-electron chi connectivity index (χ0n) is 11.9. The fourth-order valence-corrected chi connectivity index (χ4v) is 3.67. The maximum atomic E-state index is 13.1. The number of carbonyl (C=O) groups is 1. The van der Waals surface area contributed by atoms with Gasteiger partial charge in [-0.1, -0.05) is 29.2 Å². The molecule has 1 aliphatic carbocycles. The quantitative estimate of drug-likeness (QED) is 0.792. The Morgan fingerprint density at radius 1 is 1.45 bits per heavy atom. The number of hydrogen-bond donors (Lipinski definition) is 2. The van der Waals surface area contributed by atoms with Crippen molar-refractivity contribution in [2.75, 3.05) is 5.32 Å². The van der Waals surface area contributed by atoms with E-state index in [2.05, 4.69) is 20.8 Å². The van der Waals surface area contributed by atoms with E-state index in [1.165, 1.54) is 35.2 Å². The number of amides is 1. The highest BCUT2D eigenvalue weighted by Gasteiger charge is 2.26. The summed E-state index contributed by atoms with van der Waals surface area (Å²) in [5, 5.41) is 14.4. The molecule has 8 heteroatoms. The smallest absolute Gasteiger partial charge is 0.233 e. The van der Waals surface area contributed by atoms with Crippen LogP contribution in [0.15, 0.2) is 28.6 Å². The van der Waals surface area contributed by atoms with E-state index >= 15 is 0 Å². The van der Waals surface area contributed by atoms with Gasteiger partial charge >= 0.3 is 0 Å². The summed E-state index contributed by atoms with van der Waals surface area (Å²) in [4.78, 5) is 11.9. The minimum atomic E-state index is -0.311. The van der Waals surface area contributed by atoms with E-state index in [-0.39, 0.29) is 17.0 Å². The van der Waals surface area contributed by atoms with Gasteiger partial charge in [-0.25, -0.2) is 4.39 Å². The van der Waals surface area contributed by atoms with Crippen molar-refractivity contribution in [1.82, 2.24) is 15.5 Å². The highest BCUT2D eigenvalue weighted by molar-refractivity contribution is 8.02. The van der Waals surface area contributed by atoms with Gasteiger partial charge in [-0.3, -0.25) is 4.79 Å². The molecular weight excluding hydrogens is 323 g/mol. The Morgan fingerprint density at radius 3 is 3.00 bits per heavy atom. The number of nitrogens with zero attached hydrogens (tertiary/aromatic N) is 2. The first-order valence-electron chi connectivity index (χ1n) is 6.93. The van der Waals surface area contributed by atoms with E-state index in [0.717, 1.165) is 12.8 Å². The molecule has 2 N–H and O–H groups in total. The number of carbonyl (C=O) groups excluding carboxylic acids is 1. The lowest BCUT2D eigenvalue weighted by molar-refractivity contribution is -0.120. The molecule has 0 spiro atoms. The van der Waals surface area contributed by atoms with Crippen LogP contribution in [0.2, 0.25) is 0 Å². The zero-order chi connectivity index (χ0) is 15.5. The van der Waals surface area contributed by atoms with Crippen LogP contribution >= 0.6 is 23.1 Å². The first kappa shape index (κ1) is 15.2. The molecule has 0 bridgehead atoms. The zero-order valence-corrected chi connectivity index (χ0v) is 13.5. The minimum absolute atomic E-state index is 0.0299. The molecule has 0 radical (unpaired) electrons. The van der Waals surface area contributed by atoms with Crippen LogP contribution in [0.25, 0.3) is 0 Å². The van der Waals surface area contributed by atoms with Crippen molar-refractivity contribution < 1.29 is 9.18 Å². The molecule has 116 valence electrons. The van der Waals surface area contributed by atoms with Crippen LogP contribution in [0, 0.1) is 5.82 Å². The van der Waals surface area contributed by atoms with Crippen LogP contribution in [-0.4, -0.2) is 27.4 Å². The number of anilines is 2. The SMILES string of the molecule is C[C@H](Sc1nnc(Nc2cccc(F)c2)s1)C(=O)NC1CC1. The Morgan fingerprint density at radius 2 is 2.27 bits per heavy atom. The van der Waals surface area contributed by atoms with E-state index in [9.17, 15) is 9.18 Å². The van der Waals surface area contributed by atoms with Gasteiger partial charge in [0.2, 0.25) is 11.0 Å². The lowest BCUT2D eigenvalue weighted by Gasteiger charge is -2.08. The Kier molecular flexibility index (Phi) is 4.58. The molecular formula is C14H15FN4OS2. The second kappa shape index (κ2) is 6.62. The Hall–Kier alpha value is -1.67. The standard InChI is InChI=1S/C14H15FN4OS2/c1-8(12(20)16-10-5-6-10)21-14-19-18-13(22-14)17-11-4-2-3-9(15)7-11/h2-4,7-8,10H,5-6H2,1H3,(H,16,20)(H,17,18)/t8-/m0/s1. The first-order valence-corrected chi connectivity index (χ1v) is 8.63. The van der Waals surface area contributed by atoms with Gasteiger partial charge in [0, 0.05) is 11.7 Å². The molecule has 1 atom stereocenters. The summed E-state index contributed by atoms with van der Waals surface area (Å²) in [6, 6.07) is 6.50. The summed E-state index contributed by atoms with van der Waals surface area (Å²) in [6.07, 6.45) is 2.15. The lowest BCUT2D eigenvalue weighted by atomic mass is 10.3. The average Bonchev–Trinajstić information content (AvgIpc) is 3.18. The van der Waals surface area contributed by atoms with E-state index in [1.807, 2.05) is 6.92 Å². The second-order valence-electron chi connectivity index (χ2n) is 5.05. The van der Waals surface area contributed by atoms with Crippen molar-refractivity contribution >= 4 is 39.8 Å². The van der Waals surface area contributed by atoms with Crippen LogP contribution in [-0.2, 0) is 4.79 Å². The fraction of sp³-hybridized carbons (Fsp3) is 0.357. The summed E-state index contributed by atoms with van der Waals surface area (Å²) >= 11 is 2.72. The second-order valence-corrected chi connectivity index (χ2v) is 7.62. The van der Waals surface area contributed by atoms with Gasteiger partial charge in [-0.2, -0.15) is 0 Å². The summed E-state index contributed by atoms with van der Waals surface area (Å²) in [6.45, 7) is 1.85. The molecule has 1 aromatic carbocycles. The lowest BCUT2D eigenvalue weighted by Crippen LogP contribution is -2.32. The van der Waals surface area contributed by atoms with Crippen LogP contribution in [0.1, 0.15) is 19.8 Å². The normalized spacial score (nSPS) is 15.4. The van der Waals surface area contributed by atoms with Gasteiger partial charge in [0.05, 0.1) is 5.25 Å². The molecule has 1 saturated carbocycles. The van der Waals surface area contributed by atoms with Gasteiger partial charge < -0.3 is 10.6 Å². The number of benzene rings is 1. The van der Waals surface area contributed by atoms with Gasteiger partial charge in [0.1, 0.15) is 5.82 Å². The molecule has 1 amide bonds. The summed E-state index contributed by atoms with van der Waals surface area (Å²) in [5.74, 6) is -0.281. The Bertz CT molecular complexity index is 674. The van der Waals surface area contributed by atoms with Gasteiger partial charge in [0.15, 0.2) is 4.34 Å². The van der Waals surface area contributed by atoms with Crippen molar-refractivity contribution in [3.63, 3.8) is 0 Å². The molecule has 22 heavy (non-hydrogen) atoms. The van der Waals surface area contributed by atoms with Crippen molar-refractivity contribution in [1.29, 1.82) is 0 Å². The number of aromatic nitrogens is 2. The molecule has 0 aliphatic heterocycles. The predicted molar refractivity (Wildman–Crippen MR) is 86.1 cm³/mol. The molecule has 1 fully saturated rings. The molecule has 1 aliphatic rings. The van der Waals surface area contributed by atoms with Crippen LogP contribution in [0.3, 0.4) is 0 Å². The Balaban J connectivity index is 1.57. The fourth-order valence-electron chi connectivity index (χ4n) is 1.75. The largest absolute Gasteiger partial charge is 0.352 e. The van der Waals surface area contributed by atoms with Crippen molar-refractivity contribution in [3.05, 3.63) is 30.1 Å². The molecule has 1 aromatic heterocycles. The maximum Gasteiger partial charge on any atom is 0.233 e. The third-order valence-corrected chi connectivity index (χ3v) is 5.08. The molecule has 5 nitrogen and oxygen atoms in total. The predicted octanol–water partition coefficient (Wildman–Crippen LogP) is 3.18. The number of hydrogen-bond acceptors (Lipinski definition) is 6. The Labute approximate surface area is 135 Å². The van der Waals surface area contributed by atoms with Crippen molar-refractivity contribution in [3.8, 4) is 0 Å². The van der Waals surface area contributed by atoms with E-state index < -0.39 is 0 Å².